The van der Waals surface area contributed by atoms with Crippen LogP contribution in [0.2, 0.25) is 0 Å². The third-order valence-corrected chi connectivity index (χ3v) is 7.36. The number of halogens is 3. The van der Waals surface area contributed by atoms with Crippen LogP contribution in [0.15, 0.2) is 46.1 Å². The van der Waals surface area contributed by atoms with E-state index in [-0.39, 0.29) is 12.4 Å². The van der Waals surface area contributed by atoms with Crippen LogP contribution in [-0.2, 0) is 20.5 Å². The lowest BCUT2D eigenvalue weighted by atomic mass is 9.72. The van der Waals surface area contributed by atoms with Crippen molar-refractivity contribution in [2.75, 3.05) is 44.8 Å². The number of hydrazine groups is 1. The van der Waals surface area contributed by atoms with Crippen LogP contribution in [-0.4, -0.2) is 67.3 Å². The van der Waals surface area contributed by atoms with Gasteiger partial charge in [0.05, 0.1) is 24.5 Å². The van der Waals surface area contributed by atoms with Gasteiger partial charge in [-0.15, -0.1) is 0 Å². The van der Waals surface area contributed by atoms with Crippen LogP contribution in [0.5, 0.6) is 5.75 Å². The third kappa shape index (κ3) is 6.76. The number of aromatic hydroxyl groups is 1. The number of alkyl halides is 3. The van der Waals surface area contributed by atoms with Crippen molar-refractivity contribution in [1.29, 1.82) is 0 Å². The number of anilines is 1. The van der Waals surface area contributed by atoms with Gasteiger partial charge in [-0.25, -0.2) is 10.0 Å². The molecule has 10 nitrogen and oxygen atoms in total. The molecule has 13 heteroatoms. The van der Waals surface area contributed by atoms with Crippen molar-refractivity contribution in [3.05, 3.63) is 46.7 Å². The van der Waals surface area contributed by atoms with Gasteiger partial charge in [0, 0.05) is 16.7 Å². The number of nitrogens with one attached hydrogen (secondary N) is 4. The molecule has 0 saturated carbocycles. The highest BCUT2D eigenvalue weighted by Gasteiger charge is 2.40. The summed E-state index contributed by atoms with van der Waals surface area (Å²) in [5, 5.41) is 20.4. The minimum Gasteiger partial charge on any atom is -0.506 e. The zero-order valence-electron chi connectivity index (χ0n) is 22.6. The Balaban J connectivity index is 1.65. The second-order valence-electron chi connectivity index (χ2n) is 10.2. The summed E-state index contributed by atoms with van der Waals surface area (Å²) in [6.07, 6.45) is -0.246. The normalized spacial score (nSPS) is 23.4. The Labute approximate surface area is 230 Å². The molecule has 4 rings (SSSR count). The van der Waals surface area contributed by atoms with E-state index >= 15 is 0 Å². The molecule has 1 saturated heterocycles. The lowest BCUT2D eigenvalue weighted by Crippen LogP contribution is -2.53. The Morgan fingerprint density at radius 1 is 1.27 bits per heavy atom. The van der Waals surface area contributed by atoms with Gasteiger partial charge in [0.25, 0.3) is 5.91 Å². The minimum atomic E-state index is -4.65. The van der Waals surface area contributed by atoms with Gasteiger partial charge in [-0.1, -0.05) is 19.9 Å². The van der Waals surface area contributed by atoms with E-state index in [9.17, 15) is 27.9 Å². The number of rotatable bonds is 6. The molecule has 1 aromatic carbocycles. The maximum atomic E-state index is 14.3. The number of amides is 2. The van der Waals surface area contributed by atoms with Gasteiger partial charge in [-0.05, 0) is 62.5 Å². The highest BCUT2D eigenvalue weighted by atomic mass is 19.4. The summed E-state index contributed by atoms with van der Waals surface area (Å²) in [6, 6.07) is 2.28. The zero-order chi connectivity index (χ0) is 28.9. The molecule has 2 amide bonds. The quantitative estimate of drug-likeness (QED) is 0.336. The Morgan fingerprint density at radius 3 is 2.65 bits per heavy atom. The molecule has 218 valence electrons. The number of nitrogens with zero attached hydrogens (tertiary/aromatic N) is 2. The van der Waals surface area contributed by atoms with Crippen molar-refractivity contribution in [2.45, 2.75) is 45.7 Å². The largest absolute Gasteiger partial charge is 0.506 e. The van der Waals surface area contributed by atoms with Crippen molar-refractivity contribution < 1.29 is 32.6 Å². The van der Waals surface area contributed by atoms with Crippen LogP contribution in [0.1, 0.15) is 45.1 Å². The molecule has 0 atom stereocenters. The van der Waals surface area contributed by atoms with Gasteiger partial charge in [0.1, 0.15) is 24.8 Å². The molecule has 0 spiro atoms. The number of ether oxygens (including phenoxy) is 1. The van der Waals surface area contributed by atoms with E-state index in [0.717, 1.165) is 49.3 Å². The summed E-state index contributed by atoms with van der Waals surface area (Å²) in [5.74, 6) is -1.43. The summed E-state index contributed by atoms with van der Waals surface area (Å²) in [4.78, 5) is 32.0. The highest BCUT2D eigenvalue weighted by molar-refractivity contribution is 6.04. The number of allylic oxidation sites excluding steroid dienone is 1. The molecule has 5 N–H and O–H groups in total. The maximum absolute atomic E-state index is 14.3. The standard InChI is InChI=1S/C27H35F3N6O4/c1-3-19-23(26(2)8-10-31-11-9-26)25(39)36(35-24(33-16-32-19)17-6-12-40-13-7-17)15-22(38)34-20-5-4-18(14-21(20)37)27(28,29)30/h4-6,14,31-32,37H,3,7-13,15-16H2,1-2H3,(H,33,35)(H,34,38)/b23-19+. The summed E-state index contributed by atoms with van der Waals surface area (Å²) >= 11 is 0. The highest BCUT2D eigenvalue weighted by Crippen LogP contribution is 2.39. The molecule has 40 heavy (non-hydrogen) atoms. The van der Waals surface area contributed by atoms with Crippen LogP contribution < -0.4 is 21.4 Å². The van der Waals surface area contributed by atoms with Crippen molar-refractivity contribution in [3.8, 4) is 5.75 Å². The number of hydrogen-bond donors (Lipinski definition) is 5. The lowest BCUT2D eigenvalue weighted by molar-refractivity contribution is -0.137. The van der Waals surface area contributed by atoms with Gasteiger partial charge in [0.15, 0.2) is 0 Å². The van der Waals surface area contributed by atoms with E-state index in [2.05, 4.69) is 26.4 Å². The molecule has 0 aromatic heterocycles. The number of carbonyl (C=O) groups is 2. The minimum absolute atomic E-state index is 0.201. The van der Waals surface area contributed by atoms with Crippen LogP contribution in [0.4, 0.5) is 18.9 Å². The van der Waals surface area contributed by atoms with Crippen molar-refractivity contribution in [3.63, 3.8) is 0 Å². The van der Waals surface area contributed by atoms with Crippen LogP contribution in [0.3, 0.4) is 0 Å². The zero-order valence-corrected chi connectivity index (χ0v) is 22.6. The summed E-state index contributed by atoms with van der Waals surface area (Å²) < 4.78 is 44.4. The smallest absolute Gasteiger partial charge is 0.416 e. The van der Waals surface area contributed by atoms with Crippen LogP contribution >= 0.6 is 0 Å². The molecular formula is C27H35F3N6O4. The number of hydrogen-bond acceptors (Lipinski definition) is 8. The number of benzene rings is 1. The first-order valence-electron chi connectivity index (χ1n) is 13.3. The molecule has 3 aliphatic rings. The fourth-order valence-corrected chi connectivity index (χ4v) is 5.11. The maximum Gasteiger partial charge on any atom is 0.416 e. The fourth-order valence-electron chi connectivity index (χ4n) is 5.11. The lowest BCUT2D eigenvalue weighted by Gasteiger charge is -2.39. The summed E-state index contributed by atoms with van der Waals surface area (Å²) in [5.41, 5.74) is 3.48. The van der Waals surface area contributed by atoms with Crippen molar-refractivity contribution in [2.24, 2.45) is 10.4 Å². The molecule has 3 heterocycles. The van der Waals surface area contributed by atoms with Crippen LogP contribution in [0, 0.1) is 5.41 Å². The van der Waals surface area contributed by atoms with Crippen molar-refractivity contribution in [1.82, 2.24) is 21.1 Å². The second-order valence-corrected chi connectivity index (χ2v) is 10.2. The SMILES string of the molecule is CC/C1=C(\C2(C)CCNCC2)C(=O)N(CC(=O)Nc2ccc(C(F)(F)F)cc2O)N/C(C2=CCOCC2)=N\CN1. The third-order valence-electron chi connectivity index (χ3n) is 7.36. The first kappa shape index (κ1) is 29.4. The van der Waals surface area contributed by atoms with Gasteiger partial charge in [0.2, 0.25) is 5.91 Å². The Morgan fingerprint density at radius 2 is 2.02 bits per heavy atom. The van der Waals surface area contributed by atoms with Gasteiger partial charge >= 0.3 is 6.18 Å². The Hall–Kier alpha value is -3.58. The Kier molecular flexibility index (Phi) is 9.04. The molecule has 0 bridgehead atoms. The predicted molar refractivity (Wildman–Crippen MR) is 143 cm³/mol. The number of phenols is 1. The first-order valence-corrected chi connectivity index (χ1v) is 13.3. The molecule has 1 fully saturated rings. The van der Waals surface area contributed by atoms with Gasteiger partial charge in [-0.3, -0.25) is 15.0 Å². The van der Waals surface area contributed by atoms with Crippen molar-refractivity contribution >= 4 is 23.3 Å². The number of phenolic OH excluding ortho intramolecular Hbond substituents is 1. The first-order chi connectivity index (χ1) is 19.0. The molecule has 0 unspecified atom stereocenters. The van der Waals surface area contributed by atoms with Gasteiger partial charge in [-0.2, -0.15) is 13.2 Å². The second kappa shape index (κ2) is 12.3. The van der Waals surface area contributed by atoms with Gasteiger partial charge < -0.3 is 25.8 Å². The topological polar surface area (TPSA) is 127 Å². The van der Waals surface area contributed by atoms with E-state index in [1.54, 1.807) is 0 Å². The number of aliphatic imine (C=N–C) groups is 1. The molecular weight excluding hydrogens is 529 g/mol. The molecule has 1 aromatic rings. The van der Waals surface area contributed by atoms with E-state index in [0.29, 0.717) is 43.5 Å². The molecule has 0 aliphatic carbocycles. The number of carbonyl (C=O) groups excluding carboxylic acids is 2. The summed E-state index contributed by atoms with van der Waals surface area (Å²) in [7, 11) is 0. The average molecular weight is 565 g/mol. The summed E-state index contributed by atoms with van der Waals surface area (Å²) in [6.45, 7) is 6.06. The fraction of sp³-hybridized carbons (Fsp3) is 0.519. The van der Waals surface area contributed by atoms with Crippen LogP contribution in [0.25, 0.3) is 0 Å². The van der Waals surface area contributed by atoms with E-state index in [4.69, 9.17) is 4.74 Å². The monoisotopic (exact) mass is 564 g/mol. The number of amidine groups is 1. The van der Waals surface area contributed by atoms with E-state index in [1.165, 1.54) is 5.01 Å². The molecule has 3 aliphatic heterocycles. The number of piperidine rings is 1. The Bertz CT molecular complexity index is 1220. The average Bonchev–Trinajstić information content (AvgIpc) is 2.98. The predicted octanol–water partition coefficient (Wildman–Crippen LogP) is 3.04. The van der Waals surface area contributed by atoms with E-state index in [1.807, 2.05) is 19.9 Å². The van der Waals surface area contributed by atoms with E-state index < -0.39 is 41.3 Å². The molecule has 0 radical (unpaired) electrons.